The molecule has 2 N–H and O–H groups in total. The topological polar surface area (TPSA) is 175 Å². The number of piperazine rings is 1. The number of ether oxygens (including phenoxy) is 4. The van der Waals surface area contributed by atoms with Gasteiger partial charge in [0.1, 0.15) is 59.0 Å². The van der Waals surface area contributed by atoms with Crippen molar-refractivity contribution in [1.82, 2.24) is 29.7 Å². The fraction of sp³-hybridized carbons (Fsp3) is 0.340. The summed E-state index contributed by atoms with van der Waals surface area (Å²) in [6, 6.07) is 25.5. The first kappa shape index (κ1) is 50.7. The highest BCUT2D eigenvalue weighted by Gasteiger charge is 2.39. The van der Waals surface area contributed by atoms with E-state index < -0.39 is 32.3 Å². The van der Waals surface area contributed by atoms with Crippen molar-refractivity contribution in [3.05, 3.63) is 126 Å². The lowest BCUT2D eigenvalue weighted by Gasteiger charge is -2.36. The SMILES string of the molecule is COc1ccccc1-c1nccc(COc2ccc(O[Si](C)(C)C(C)(C)C)cc2CC(Oc2ncnc3oc(-c4ccc(F)cc4)c(-c4ccc(O[C@H](CO)CN5CCN(C)CC5)c(Cl)c4)c23)C(=O)O)n1. The van der Waals surface area contributed by atoms with E-state index in [2.05, 4.69) is 65.7 Å². The Kier molecular flexibility index (Phi) is 15.6. The zero-order valence-electron chi connectivity index (χ0n) is 40.8. The summed E-state index contributed by atoms with van der Waals surface area (Å²) in [4.78, 5) is 36.0. The van der Waals surface area contributed by atoms with Crippen LogP contribution in [0, 0.1) is 5.82 Å². The Morgan fingerprint density at radius 1 is 0.901 bits per heavy atom. The summed E-state index contributed by atoms with van der Waals surface area (Å²) in [7, 11) is 1.32. The summed E-state index contributed by atoms with van der Waals surface area (Å²) in [5.41, 5.74) is 3.32. The number of aliphatic hydroxyl groups excluding tert-OH is 1. The minimum Gasteiger partial charge on any atom is -0.543 e. The number of carboxylic acid groups (broad SMARTS) is 1. The number of para-hydroxylation sites is 1. The molecule has 0 aliphatic carbocycles. The van der Waals surface area contributed by atoms with Crippen LogP contribution in [0.5, 0.6) is 28.9 Å². The Hall–Kier alpha value is -6.63. The molecule has 71 heavy (non-hydrogen) atoms. The standard InChI is InChI=1S/C53H58ClFN6O9Si/c1-53(2,3)71(6,7)70-38-17-19-42(66-31-37-20-21-56-49(59-37)40-10-8-9-11-43(40)65-5)35(26-38)28-45(52(63)64)68-50-47-46(48(69-51(47)58-32-57-50)33-12-15-36(55)16-13-33)34-14-18-44(41(54)27-34)67-39(30-62)29-61-24-22-60(4)23-25-61/h8-21,26-27,32,39,45,62H,22-25,28-31H2,1-7H3,(H,63,64)/t39-,45?/m0/s1. The normalized spacial score (nSPS) is 14.5. The first-order valence-electron chi connectivity index (χ1n) is 23.3. The van der Waals surface area contributed by atoms with Crippen molar-refractivity contribution in [3.63, 3.8) is 0 Å². The van der Waals surface area contributed by atoms with Gasteiger partial charge in [-0.25, -0.2) is 29.1 Å². The number of hydrogen-bond acceptors (Lipinski definition) is 14. The molecule has 0 saturated carbocycles. The summed E-state index contributed by atoms with van der Waals surface area (Å²) < 4.78 is 52.1. The molecule has 18 heteroatoms. The number of furan rings is 1. The highest BCUT2D eigenvalue weighted by atomic mass is 35.5. The van der Waals surface area contributed by atoms with Gasteiger partial charge in [0, 0.05) is 62.0 Å². The van der Waals surface area contributed by atoms with Crippen molar-refractivity contribution in [1.29, 1.82) is 0 Å². The minimum atomic E-state index is -2.35. The molecule has 4 aromatic carbocycles. The number of rotatable bonds is 19. The number of nitrogens with zero attached hydrogens (tertiary/aromatic N) is 6. The van der Waals surface area contributed by atoms with Crippen molar-refractivity contribution in [2.45, 2.75) is 64.1 Å². The predicted molar refractivity (Wildman–Crippen MR) is 271 cm³/mol. The van der Waals surface area contributed by atoms with Gasteiger partial charge in [-0.1, -0.05) is 50.6 Å². The molecule has 372 valence electrons. The molecule has 0 bridgehead atoms. The van der Waals surface area contributed by atoms with Gasteiger partial charge in [0.15, 0.2) is 5.82 Å². The lowest BCUT2D eigenvalue weighted by Crippen LogP contribution is -2.48. The minimum absolute atomic E-state index is 0.0269. The number of fused-ring (bicyclic) bond motifs is 1. The quantitative estimate of drug-likeness (QED) is 0.0732. The van der Waals surface area contributed by atoms with E-state index in [1.807, 2.05) is 30.3 Å². The summed E-state index contributed by atoms with van der Waals surface area (Å²) in [5.74, 6) is 0.854. The van der Waals surface area contributed by atoms with Crippen LogP contribution in [-0.4, -0.2) is 120 Å². The second-order valence-electron chi connectivity index (χ2n) is 19.0. The fourth-order valence-electron chi connectivity index (χ4n) is 7.93. The van der Waals surface area contributed by atoms with Crippen LogP contribution in [0.15, 0.2) is 108 Å². The van der Waals surface area contributed by atoms with E-state index in [-0.39, 0.29) is 52.4 Å². The molecule has 1 saturated heterocycles. The van der Waals surface area contributed by atoms with E-state index in [0.717, 1.165) is 26.2 Å². The van der Waals surface area contributed by atoms with Crippen LogP contribution in [-0.2, 0) is 17.8 Å². The Morgan fingerprint density at radius 2 is 1.63 bits per heavy atom. The molecule has 0 amide bonds. The molecule has 8 rings (SSSR count). The molecule has 1 fully saturated rings. The highest BCUT2D eigenvalue weighted by Crippen LogP contribution is 2.46. The van der Waals surface area contributed by atoms with E-state index in [1.165, 1.54) is 18.5 Å². The Morgan fingerprint density at radius 3 is 2.34 bits per heavy atom. The lowest BCUT2D eigenvalue weighted by atomic mass is 9.99. The van der Waals surface area contributed by atoms with Gasteiger partial charge in [0.25, 0.3) is 0 Å². The first-order valence-corrected chi connectivity index (χ1v) is 26.6. The molecule has 0 spiro atoms. The van der Waals surface area contributed by atoms with Crippen molar-refractivity contribution in [3.8, 4) is 62.7 Å². The number of hydrogen-bond donors (Lipinski definition) is 2. The van der Waals surface area contributed by atoms with E-state index >= 15 is 0 Å². The average Bonchev–Trinajstić information content (AvgIpc) is 3.75. The molecule has 1 aliphatic rings. The van der Waals surface area contributed by atoms with E-state index in [0.29, 0.717) is 68.9 Å². The van der Waals surface area contributed by atoms with E-state index in [4.69, 9.17) is 44.4 Å². The summed E-state index contributed by atoms with van der Waals surface area (Å²) in [5, 5.41) is 21.6. The maximum atomic E-state index is 14.3. The number of methoxy groups -OCH3 is 1. The maximum absolute atomic E-state index is 14.3. The van der Waals surface area contributed by atoms with Gasteiger partial charge in [0.05, 0.1) is 30.0 Å². The summed E-state index contributed by atoms with van der Waals surface area (Å²) >= 11 is 6.96. The number of benzene rings is 4. The molecule has 0 radical (unpaired) electrons. The average molecular weight is 1010 g/mol. The van der Waals surface area contributed by atoms with Crippen LogP contribution < -0.4 is 23.4 Å². The van der Waals surface area contributed by atoms with Crippen LogP contribution in [0.2, 0.25) is 23.2 Å². The lowest BCUT2D eigenvalue weighted by molar-refractivity contribution is -0.145. The van der Waals surface area contributed by atoms with Crippen molar-refractivity contribution in [2.24, 2.45) is 0 Å². The van der Waals surface area contributed by atoms with Crippen LogP contribution in [0.1, 0.15) is 32.0 Å². The molecule has 7 aromatic rings. The van der Waals surface area contributed by atoms with Gasteiger partial charge in [-0.2, -0.15) is 0 Å². The van der Waals surface area contributed by atoms with Crippen LogP contribution in [0.25, 0.3) is 44.9 Å². The Balaban J connectivity index is 1.14. The third-order valence-electron chi connectivity index (χ3n) is 12.9. The van der Waals surface area contributed by atoms with Crippen LogP contribution in [0.3, 0.4) is 0 Å². The Labute approximate surface area is 418 Å². The molecule has 2 atom stereocenters. The number of halogens is 2. The van der Waals surface area contributed by atoms with Crippen molar-refractivity contribution in [2.75, 3.05) is 53.5 Å². The molecule has 1 unspecified atom stereocenters. The zero-order valence-corrected chi connectivity index (χ0v) is 42.6. The number of carbonyl (C=O) groups is 1. The zero-order chi connectivity index (χ0) is 50.5. The smallest absolute Gasteiger partial charge is 0.345 e. The van der Waals surface area contributed by atoms with Gasteiger partial charge in [-0.15, -0.1) is 0 Å². The van der Waals surface area contributed by atoms with Gasteiger partial charge >= 0.3 is 5.97 Å². The van der Waals surface area contributed by atoms with E-state index in [1.54, 1.807) is 61.8 Å². The number of carboxylic acids is 1. The third kappa shape index (κ3) is 11.9. The second kappa shape index (κ2) is 21.8. The highest BCUT2D eigenvalue weighted by molar-refractivity contribution is 6.74. The molecular weight excluding hydrogens is 947 g/mol. The summed E-state index contributed by atoms with van der Waals surface area (Å²) in [6.07, 6.45) is 0.619. The number of aliphatic hydroxyl groups is 1. The van der Waals surface area contributed by atoms with Gasteiger partial charge in [-0.05, 0) is 104 Å². The molecule has 1 aliphatic heterocycles. The molecular formula is C53H58ClFN6O9Si. The number of likely N-dealkylation sites (N-methyl/N-ethyl adjacent to an activating group) is 1. The summed E-state index contributed by atoms with van der Waals surface area (Å²) in [6.45, 7) is 14.5. The van der Waals surface area contributed by atoms with Gasteiger partial charge < -0.3 is 42.9 Å². The first-order chi connectivity index (χ1) is 34.0. The number of aromatic nitrogens is 4. The van der Waals surface area contributed by atoms with Crippen LogP contribution in [0.4, 0.5) is 4.39 Å². The predicted octanol–water partition coefficient (Wildman–Crippen LogP) is 9.84. The van der Waals surface area contributed by atoms with Crippen molar-refractivity contribution >= 4 is 37.0 Å². The van der Waals surface area contributed by atoms with E-state index in [9.17, 15) is 19.4 Å². The molecule has 4 heterocycles. The van der Waals surface area contributed by atoms with Gasteiger partial charge in [0.2, 0.25) is 26.0 Å². The van der Waals surface area contributed by atoms with Gasteiger partial charge in [-0.3, -0.25) is 4.90 Å². The van der Waals surface area contributed by atoms with Crippen molar-refractivity contribution < 1.29 is 47.2 Å². The molecule has 3 aromatic heterocycles. The molecule has 15 nitrogen and oxygen atoms in total. The maximum Gasteiger partial charge on any atom is 0.345 e. The Bertz CT molecular complexity index is 2980. The largest absolute Gasteiger partial charge is 0.543 e. The monoisotopic (exact) mass is 1000 g/mol. The second-order valence-corrected chi connectivity index (χ2v) is 24.1. The van der Waals surface area contributed by atoms with Crippen LogP contribution >= 0.6 is 11.6 Å². The third-order valence-corrected chi connectivity index (χ3v) is 17.6. The number of aliphatic carboxylic acids is 1. The fourth-order valence-corrected chi connectivity index (χ4v) is 9.17.